The molecule has 1 heterocycles. The second-order valence-corrected chi connectivity index (χ2v) is 5.93. The van der Waals surface area contributed by atoms with Crippen LogP contribution in [0.1, 0.15) is 44.9 Å². The molecule has 0 bridgehead atoms. The molecule has 1 saturated carbocycles. The predicted octanol–water partition coefficient (Wildman–Crippen LogP) is 2.74. The second-order valence-electron chi connectivity index (χ2n) is 5.93. The van der Waals surface area contributed by atoms with E-state index in [1.54, 1.807) is 0 Å². The molecule has 0 aromatic carbocycles. The monoisotopic (exact) mass is 275 g/mol. The quantitative estimate of drug-likeness (QED) is 0.805. The number of methoxy groups -OCH3 is 1. The maximum atomic E-state index is 13.1. The highest BCUT2D eigenvalue weighted by molar-refractivity contribution is 5.72. The Kier molecular flexibility index (Phi) is 4.76. The van der Waals surface area contributed by atoms with Crippen molar-refractivity contribution in [1.82, 2.24) is 5.32 Å². The molecule has 19 heavy (non-hydrogen) atoms. The number of rotatable bonds is 3. The largest absolute Gasteiger partial charge is 0.469 e. The van der Waals surface area contributed by atoms with Crippen molar-refractivity contribution < 1.29 is 18.3 Å². The minimum absolute atomic E-state index is 0.0187. The number of carbonyl (C=O) groups excluding carboxylic acids is 1. The van der Waals surface area contributed by atoms with Crippen LogP contribution in [0, 0.1) is 11.8 Å². The zero-order valence-electron chi connectivity index (χ0n) is 11.5. The fourth-order valence-corrected chi connectivity index (χ4v) is 3.30. The summed E-state index contributed by atoms with van der Waals surface area (Å²) in [4.78, 5) is 11.5. The van der Waals surface area contributed by atoms with Gasteiger partial charge in [-0.25, -0.2) is 8.78 Å². The summed E-state index contributed by atoms with van der Waals surface area (Å²) in [6.45, 7) is 0.813. The van der Waals surface area contributed by atoms with Crippen molar-refractivity contribution in [3.05, 3.63) is 0 Å². The average molecular weight is 275 g/mol. The van der Waals surface area contributed by atoms with Crippen LogP contribution >= 0.6 is 0 Å². The van der Waals surface area contributed by atoms with Crippen molar-refractivity contribution in [2.45, 2.75) is 56.9 Å². The molecule has 5 heteroatoms. The Labute approximate surface area is 113 Å². The molecule has 0 spiro atoms. The van der Waals surface area contributed by atoms with Crippen molar-refractivity contribution in [1.29, 1.82) is 0 Å². The highest BCUT2D eigenvalue weighted by Crippen LogP contribution is 2.38. The summed E-state index contributed by atoms with van der Waals surface area (Å²) in [5.41, 5.74) is 0. The lowest BCUT2D eigenvalue weighted by molar-refractivity contribution is -0.146. The first-order valence-corrected chi connectivity index (χ1v) is 7.19. The maximum absolute atomic E-state index is 13.1. The van der Waals surface area contributed by atoms with Crippen LogP contribution in [-0.2, 0) is 9.53 Å². The summed E-state index contributed by atoms with van der Waals surface area (Å²) >= 11 is 0. The summed E-state index contributed by atoms with van der Waals surface area (Å²) in [5.74, 6) is -2.25. The van der Waals surface area contributed by atoms with Crippen LogP contribution in [0.2, 0.25) is 0 Å². The number of piperidine rings is 1. The lowest BCUT2D eigenvalue weighted by Crippen LogP contribution is -2.42. The van der Waals surface area contributed by atoms with Gasteiger partial charge in [0.2, 0.25) is 5.92 Å². The molecule has 2 unspecified atom stereocenters. The van der Waals surface area contributed by atoms with Gasteiger partial charge in [0.05, 0.1) is 13.0 Å². The predicted molar refractivity (Wildman–Crippen MR) is 68.1 cm³/mol. The highest BCUT2D eigenvalue weighted by Gasteiger charge is 2.36. The van der Waals surface area contributed by atoms with Crippen LogP contribution in [0.3, 0.4) is 0 Å². The topological polar surface area (TPSA) is 38.3 Å². The summed E-state index contributed by atoms with van der Waals surface area (Å²) in [6, 6.07) is 0.273. The van der Waals surface area contributed by atoms with E-state index in [1.165, 1.54) is 7.11 Å². The molecule has 1 aliphatic heterocycles. The van der Waals surface area contributed by atoms with E-state index in [0.29, 0.717) is 18.8 Å². The van der Waals surface area contributed by atoms with Crippen LogP contribution in [0.25, 0.3) is 0 Å². The van der Waals surface area contributed by atoms with Gasteiger partial charge in [0.15, 0.2) is 0 Å². The van der Waals surface area contributed by atoms with Crippen LogP contribution in [0.15, 0.2) is 0 Å². The summed E-state index contributed by atoms with van der Waals surface area (Å²) < 4.78 is 31.0. The van der Waals surface area contributed by atoms with Gasteiger partial charge >= 0.3 is 5.97 Å². The van der Waals surface area contributed by atoms with Gasteiger partial charge in [-0.3, -0.25) is 4.79 Å². The first-order valence-electron chi connectivity index (χ1n) is 7.19. The van der Waals surface area contributed by atoms with Crippen LogP contribution < -0.4 is 5.32 Å². The molecule has 0 aromatic heterocycles. The van der Waals surface area contributed by atoms with Crippen molar-refractivity contribution >= 4 is 5.97 Å². The molecule has 2 atom stereocenters. The highest BCUT2D eigenvalue weighted by atomic mass is 19.3. The molecule has 0 radical (unpaired) electrons. The third kappa shape index (κ3) is 4.13. The molecule has 3 nitrogen and oxygen atoms in total. The van der Waals surface area contributed by atoms with Crippen molar-refractivity contribution in [3.63, 3.8) is 0 Å². The lowest BCUT2D eigenvalue weighted by Gasteiger charge is -2.34. The van der Waals surface area contributed by atoms with Gasteiger partial charge in [-0.1, -0.05) is 0 Å². The molecular formula is C14H23F2NO2. The Morgan fingerprint density at radius 2 is 2.00 bits per heavy atom. The molecule has 2 fully saturated rings. The van der Waals surface area contributed by atoms with Gasteiger partial charge in [-0.2, -0.15) is 0 Å². The number of alkyl halides is 2. The third-order valence-corrected chi connectivity index (χ3v) is 4.48. The van der Waals surface area contributed by atoms with E-state index in [0.717, 1.165) is 25.8 Å². The first kappa shape index (κ1) is 14.7. The Balaban J connectivity index is 1.78. The number of esters is 1. The molecule has 0 aromatic rings. The lowest BCUT2D eigenvalue weighted by atomic mass is 9.80. The fraction of sp³-hybridized carbons (Fsp3) is 0.929. The van der Waals surface area contributed by atoms with Gasteiger partial charge in [-0.05, 0) is 44.6 Å². The van der Waals surface area contributed by atoms with Crippen molar-refractivity contribution in [2.24, 2.45) is 11.8 Å². The van der Waals surface area contributed by atoms with E-state index in [-0.39, 0.29) is 30.8 Å². The van der Waals surface area contributed by atoms with Crippen LogP contribution in [-0.4, -0.2) is 31.6 Å². The van der Waals surface area contributed by atoms with Gasteiger partial charge in [0.25, 0.3) is 0 Å². The van der Waals surface area contributed by atoms with E-state index in [1.807, 2.05) is 0 Å². The van der Waals surface area contributed by atoms with Gasteiger partial charge in [-0.15, -0.1) is 0 Å². The second kappa shape index (κ2) is 6.16. The van der Waals surface area contributed by atoms with Crippen molar-refractivity contribution in [2.75, 3.05) is 13.7 Å². The summed E-state index contributed by atoms with van der Waals surface area (Å²) in [7, 11) is 1.42. The first-order chi connectivity index (χ1) is 9.00. The zero-order chi connectivity index (χ0) is 13.9. The van der Waals surface area contributed by atoms with E-state index >= 15 is 0 Å². The van der Waals surface area contributed by atoms with E-state index in [9.17, 15) is 13.6 Å². The maximum Gasteiger partial charge on any atom is 0.308 e. The van der Waals surface area contributed by atoms with Crippen LogP contribution in [0.5, 0.6) is 0 Å². The third-order valence-electron chi connectivity index (χ3n) is 4.48. The van der Waals surface area contributed by atoms with Crippen molar-refractivity contribution in [3.8, 4) is 0 Å². The average Bonchev–Trinajstić information content (AvgIpc) is 2.41. The van der Waals surface area contributed by atoms with E-state index < -0.39 is 5.92 Å². The Hall–Kier alpha value is -0.710. The molecule has 0 amide bonds. The Morgan fingerprint density at radius 1 is 1.32 bits per heavy atom. The number of hydrogen-bond acceptors (Lipinski definition) is 3. The normalized spacial score (nSPS) is 31.9. The number of hydrogen-bond donors (Lipinski definition) is 1. The standard InChI is InChI=1S/C14H23F2NO2/c1-19-13(18)11-4-7-17-12(9-11)8-10-2-5-14(15,16)6-3-10/h10-12,17H,2-9H2,1H3. The van der Waals surface area contributed by atoms with Gasteiger partial charge in [0, 0.05) is 18.9 Å². The fourth-order valence-electron chi connectivity index (χ4n) is 3.30. The Morgan fingerprint density at radius 3 is 2.63 bits per heavy atom. The van der Waals surface area contributed by atoms with E-state index in [2.05, 4.69) is 5.32 Å². The molecule has 2 aliphatic rings. The van der Waals surface area contributed by atoms with Gasteiger partial charge in [0.1, 0.15) is 0 Å². The summed E-state index contributed by atoms with van der Waals surface area (Å²) in [5, 5.41) is 3.40. The molecule has 1 aliphatic carbocycles. The minimum Gasteiger partial charge on any atom is -0.469 e. The SMILES string of the molecule is COC(=O)C1CCNC(CC2CCC(F)(F)CC2)C1. The molecular weight excluding hydrogens is 252 g/mol. The number of carbonyl (C=O) groups is 1. The van der Waals surface area contributed by atoms with Crippen LogP contribution in [0.4, 0.5) is 8.78 Å². The molecule has 2 rings (SSSR count). The number of nitrogens with one attached hydrogen (secondary N) is 1. The Bertz CT molecular complexity index is 313. The number of ether oxygens (including phenoxy) is 1. The van der Waals surface area contributed by atoms with Gasteiger partial charge < -0.3 is 10.1 Å². The minimum atomic E-state index is -2.45. The molecule has 1 N–H and O–H groups in total. The molecule has 1 saturated heterocycles. The number of halogens is 2. The smallest absolute Gasteiger partial charge is 0.308 e. The molecule has 110 valence electrons. The van der Waals surface area contributed by atoms with E-state index in [4.69, 9.17) is 4.74 Å². The zero-order valence-corrected chi connectivity index (χ0v) is 11.5. The summed E-state index contributed by atoms with van der Waals surface area (Å²) in [6.07, 6.45) is 3.74.